The molecule has 4 nitrogen and oxygen atoms in total. The van der Waals surface area contributed by atoms with Crippen LogP contribution in [0.4, 0.5) is 0 Å². The third-order valence-corrected chi connectivity index (χ3v) is 4.03. The SMILES string of the molecule is CNC(CSCCCO)c1ccc2c(c1)OCO2. The summed E-state index contributed by atoms with van der Waals surface area (Å²) in [7, 11) is 1.96. The van der Waals surface area contributed by atoms with E-state index in [2.05, 4.69) is 11.4 Å². The Morgan fingerprint density at radius 1 is 1.39 bits per heavy atom. The first-order valence-electron chi connectivity index (χ1n) is 6.10. The van der Waals surface area contributed by atoms with E-state index in [0.717, 1.165) is 29.4 Å². The average Bonchev–Trinajstić information content (AvgIpc) is 2.86. The van der Waals surface area contributed by atoms with Crippen LogP contribution in [0.3, 0.4) is 0 Å². The van der Waals surface area contributed by atoms with E-state index in [1.54, 1.807) is 0 Å². The van der Waals surface area contributed by atoms with Crippen LogP contribution in [0.1, 0.15) is 18.0 Å². The molecule has 0 amide bonds. The highest BCUT2D eigenvalue weighted by atomic mass is 32.2. The molecule has 0 saturated carbocycles. The summed E-state index contributed by atoms with van der Waals surface area (Å²) in [6.07, 6.45) is 0.849. The van der Waals surface area contributed by atoms with E-state index in [0.29, 0.717) is 12.8 Å². The van der Waals surface area contributed by atoms with Gasteiger partial charge in [-0.05, 0) is 36.9 Å². The van der Waals surface area contributed by atoms with E-state index in [9.17, 15) is 0 Å². The van der Waals surface area contributed by atoms with Gasteiger partial charge in [0.2, 0.25) is 6.79 Å². The molecule has 2 rings (SSSR count). The Labute approximate surface area is 112 Å². The molecule has 0 aromatic heterocycles. The molecule has 2 N–H and O–H groups in total. The zero-order valence-electron chi connectivity index (χ0n) is 10.5. The van der Waals surface area contributed by atoms with Gasteiger partial charge in [0, 0.05) is 18.4 Å². The van der Waals surface area contributed by atoms with Crippen molar-refractivity contribution in [3.05, 3.63) is 23.8 Å². The Morgan fingerprint density at radius 2 is 2.22 bits per heavy atom. The molecule has 1 atom stereocenters. The molecule has 0 fully saturated rings. The summed E-state index contributed by atoms with van der Waals surface area (Å²) in [5.41, 5.74) is 1.21. The van der Waals surface area contributed by atoms with Gasteiger partial charge in [-0.2, -0.15) is 11.8 Å². The summed E-state index contributed by atoms with van der Waals surface area (Å²) in [5, 5.41) is 12.1. The number of hydrogen-bond donors (Lipinski definition) is 2. The highest BCUT2D eigenvalue weighted by Crippen LogP contribution is 2.34. The van der Waals surface area contributed by atoms with Crippen LogP contribution in [0.2, 0.25) is 0 Å². The second-order valence-corrected chi connectivity index (χ2v) is 5.26. The van der Waals surface area contributed by atoms with Crippen molar-refractivity contribution in [2.45, 2.75) is 12.5 Å². The van der Waals surface area contributed by atoms with Gasteiger partial charge in [0.05, 0.1) is 0 Å². The lowest BCUT2D eigenvalue weighted by Gasteiger charge is -2.16. The van der Waals surface area contributed by atoms with Crippen molar-refractivity contribution < 1.29 is 14.6 Å². The first-order chi connectivity index (χ1) is 8.85. The molecule has 0 saturated heterocycles. The molecule has 1 aromatic rings. The van der Waals surface area contributed by atoms with Gasteiger partial charge >= 0.3 is 0 Å². The number of ether oxygens (including phenoxy) is 2. The van der Waals surface area contributed by atoms with Crippen LogP contribution in [0.15, 0.2) is 18.2 Å². The van der Waals surface area contributed by atoms with Crippen LogP contribution in [0, 0.1) is 0 Å². The summed E-state index contributed by atoms with van der Waals surface area (Å²) in [6, 6.07) is 6.36. The van der Waals surface area contributed by atoms with Crippen molar-refractivity contribution in [1.29, 1.82) is 0 Å². The molecule has 0 aliphatic carbocycles. The van der Waals surface area contributed by atoms with Gasteiger partial charge in [-0.3, -0.25) is 0 Å². The number of benzene rings is 1. The largest absolute Gasteiger partial charge is 0.454 e. The van der Waals surface area contributed by atoms with Crippen LogP contribution in [0.5, 0.6) is 11.5 Å². The van der Waals surface area contributed by atoms with E-state index in [-0.39, 0.29) is 6.61 Å². The van der Waals surface area contributed by atoms with Gasteiger partial charge in [0.1, 0.15) is 0 Å². The lowest BCUT2D eigenvalue weighted by Crippen LogP contribution is -2.18. The Bertz CT molecular complexity index is 386. The first kappa shape index (κ1) is 13.5. The Kier molecular flexibility index (Phi) is 5.16. The predicted molar refractivity (Wildman–Crippen MR) is 73.4 cm³/mol. The summed E-state index contributed by atoms with van der Waals surface area (Å²) in [5.74, 6) is 3.62. The van der Waals surface area contributed by atoms with Crippen molar-refractivity contribution >= 4 is 11.8 Å². The molecule has 0 radical (unpaired) electrons. The van der Waals surface area contributed by atoms with E-state index in [1.807, 2.05) is 30.9 Å². The Morgan fingerprint density at radius 3 is 3.00 bits per heavy atom. The maximum Gasteiger partial charge on any atom is 0.231 e. The first-order valence-corrected chi connectivity index (χ1v) is 7.26. The van der Waals surface area contributed by atoms with Crippen LogP contribution in [-0.2, 0) is 0 Å². The Hall–Kier alpha value is -0.910. The minimum atomic E-state index is 0.265. The third-order valence-electron chi connectivity index (χ3n) is 2.88. The highest BCUT2D eigenvalue weighted by molar-refractivity contribution is 7.99. The summed E-state index contributed by atoms with van der Waals surface area (Å²) in [4.78, 5) is 0. The average molecular weight is 269 g/mol. The maximum absolute atomic E-state index is 8.75. The van der Waals surface area contributed by atoms with Crippen LogP contribution < -0.4 is 14.8 Å². The number of aliphatic hydroxyl groups excluding tert-OH is 1. The number of rotatable bonds is 7. The van der Waals surface area contributed by atoms with Crippen molar-refractivity contribution in [3.8, 4) is 11.5 Å². The lowest BCUT2D eigenvalue weighted by molar-refractivity contribution is 0.174. The number of aliphatic hydroxyl groups is 1. The van der Waals surface area contributed by atoms with Gasteiger partial charge in [-0.25, -0.2) is 0 Å². The maximum atomic E-state index is 8.75. The molecule has 5 heteroatoms. The molecule has 100 valence electrons. The number of fused-ring (bicyclic) bond motifs is 1. The quantitative estimate of drug-likeness (QED) is 0.739. The molecule has 1 aliphatic heterocycles. The lowest BCUT2D eigenvalue weighted by atomic mass is 10.1. The summed E-state index contributed by atoms with van der Waals surface area (Å²) < 4.78 is 10.7. The van der Waals surface area contributed by atoms with Crippen molar-refractivity contribution in [2.75, 3.05) is 32.0 Å². The van der Waals surface area contributed by atoms with Crippen molar-refractivity contribution in [1.82, 2.24) is 5.32 Å². The molecule has 0 spiro atoms. The number of hydrogen-bond acceptors (Lipinski definition) is 5. The molecule has 0 bridgehead atoms. The van der Waals surface area contributed by atoms with Gasteiger partial charge in [-0.1, -0.05) is 6.07 Å². The van der Waals surface area contributed by atoms with E-state index >= 15 is 0 Å². The zero-order valence-corrected chi connectivity index (χ0v) is 11.3. The topological polar surface area (TPSA) is 50.7 Å². The van der Waals surface area contributed by atoms with E-state index in [1.165, 1.54) is 5.56 Å². The second-order valence-electron chi connectivity index (χ2n) is 4.11. The second kappa shape index (κ2) is 6.87. The zero-order chi connectivity index (χ0) is 12.8. The molecule has 1 aromatic carbocycles. The van der Waals surface area contributed by atoms with Crippen LogP contribution in [-0.4, -0.2) is 37.1 Å². The van der Waals surface area contributed by atoms with E-state index < -0.39 is 0 Å². The fraction of sp³-hybridized carbons (Fsp3) is 0.538. The number of thioether (sulfide) groups is 1. The minimum absolute atomic E-state index is 0.265. The molecular formula is C13H19NO3S. The van der Waals surface area contributed by atoms with Gasteiger partial charge in [0.25, 0.3) is 0 Å². The normalized spacial score (nSPS) is 14.8. The van der Waals surface area contributed by atoms with Gasteiger partial charge in [-0.15, -0.1) is 0 Å². The van der Waals surface area contributed by atoms with E-state index in [4.69, 9.17) is 14.6 Å². The number of nitrogens with one attached hydrogen (secondary N) is 1. The summed E-state index contributed by atoms with van der Waals surface area (Å²) in [6.45, 7) is 0.579. The fourth-order valence-corrected chi connectivity index (χ4v) is 2.94. The molecular weight excluding hydrogens is 250 g/mol. The summed E-state index contributed by atoms with van der Waals surface area (Å²) >= 11 is 1.84. The third kappa shape index (κ3) is 3.31. The fourth-order valence-electron chi connectivity index (χ4n) is 1.84. The van der Waals surface area contributed by atoms with Crippen molar-refractivity contribution in [2.24, 2.45) is 0 Å². The van der Waals surface area contributed by atoms with Crippen LogP contribution in [0.25, 0.3) is 0 Å². The predicted octanol–water partition coefficient (Wildman–Crippen LogP) is 1.79. The molecule has 18 heavy (non-hydrogen) atoms. The standard InChI is InChI=1S/C13H19NO3S/c1-14-11(8-18-6-2-5-15)10-3-4-12-13(7-10)17-9-16-12/h3-4,7,11,14-15H,2,5-6,8-9H2,1H3. The minimum Gasteiger partial charge on any atom is -0.454 e. The molecule has 1 aliphatic rings. The monoisotopic (exact) mass is 269 g/mol. The van der Waals surface area contributed by atoms with Crippen LogP contribution >= 0.6 is 11.8 Å². The van der Waals surface area contributed by atoms with Gasteiger partial charge < -0.3 is 19.9 Å². The molecule has 1 unspecified atom stereocenters. The molecule has 1 heterocycles. The van der Waals surface area contributed by atoms with Crippen molar-refractivity contribution in [3.63, 3.8) is 0 Å². The van der Waals surface area contributed by atoms with Gasteiger partial charge in [0.15, 0.2) is 11.5 Å². The highest BCUT2D eigenvalue weighted by Gasteiger charge is 2.16. The Balaban J connectivity index is 1.94. The smallest absolute Gasteiger partial charge is 0.231 e.